The van der Waals surface area contributed by atoms with Gasteiger partial charge in [-0.05, 0) is 75.2 Å². The Hall–Kier alpha value is -2.29. The van der Waals surface area contributed by atoms with Gasteiger partial charge in [-0.1, -0.05) is 11.3 Å². The molecule has 1 aromatic heterocycles. The molecular weight excluding hydrogens is 406 g/mol. The van der Waals surface area contributed by atoms with Gasteiger partial charge in [-0.25, -0.2) is 8.42 Å². The first-order valence-corrected chi connectivity index (χ1v) is 11.5. The number of aryl methyl sites for hydroxylation is 3. The lowest BCUT2D eigenvalue weighted by Gasteiger charge is -2.20. The SMILES string of the molecule is Cc1cc2sc(=NC(=O)c3ccc(S(=O)(=O)N(C)C(C)C)cc3)n(C)c2cc1C. The molecule has 0 saturated heterocycles. The molecule has 2 aromatic carbocycles. The van der Waals surface area contributed by atoms with Gasteiger partial charge >= 0.3 is 0 Å². The molecule has 1 heterocycles. The van der Waals surface area contributed by atoms with Crippen molar-refractivity contribution in [3.8, 4) is 0 Å². The average molecular weight is 432 g/mol. The summed E-state index contributed by atoms with van der Waals surface area (Å²) in [7, 11) is -0.155. The zero-order valence-corrected chi connectivity index (χ0v) is 19.1. The van der Waals surface area contributed by atoms with E-state index in [-0.39, 0.29) is 10.9 Å². The maximum absolute atomic E-state index is 12.6. The van der Waals surface area contributed by atoms with Gasteiger partial charge < -0.3 is 4.57 Å². The molecule has 8 heteroatoms. The number of carbonyl (C=O) groups excluding carboxylic acids is 1. The summed E-state index contributed by atoms with van der Waals surface area (Å²) in [6.45, 7) is 7.73. The number of fused-ring (bicyclic) bond motifs is 1. The van der Waals surface area contributed by atoms with Crippen LogP contribution in [0.15, 0.2) is 46.3 Å². The minimum absolute atomic E-state index is 0.156. The Morgan fingerprint density at radius 1 is 1.10 bits per heavy atom. The second kappa shape index (κ2) is 7.85. The van der Waals surface area contributed by atoms with Gasteiger partial charge in [0.15, 0.2) is 4.80 Å². The fourth-order valence-corrected chi connectivity index (χ4v) is 5.32. The van der Waals surface area contributed by atoms with E-state index in [9.17, 15) is 13.2 Å². The zero-order valence-electron chi connectivity index (χ0n) is 17.4. The van der Waals surface area contributed by atoms with Crippen LogP contribution >= 0.6 is 11.3 Å². The van der Waals surface area contributed by atoms with E-state index in [2.05, 4.69) is 31.0 Å². The van der Waals surface area contributed by atoms with Gasteiger partial charge in [0.1, 0.15) is 0 Å². The van der Waals surface area contributed by atoms with E-state index in [1.54, 1.807) is 7.05 Å². The quantitative estimate of drug-likeness (QED) is 0.633. The van der Waals surface area contributed by atoms with E-state index in [1.807, 2.05) is 25.5 Å². The third kappa shape index (κ3) is 4.05. The molecule has 154 valence electrons. The van der Waals surface area contributed by atoms with Gasteiger partial charge in [0, 0.05) is 25.7 Å². The van der Waals surface area contributed by atoms with Crippen molar-refractivity contribution in [2.75, 3.05) is 7.05 Å². The molecule has 0 saturated carbocycles. The molecule has 1 amide bonds. The van der Waals surface area contributed by atoms with Crippen LogP contribution in [0.25, 0.3) is 10.2 Å². The highest BCUT2D eigenvalue weighted by Gasteiger charge is 2.23. The minimum Gasteiger partial charge on any atom is -0.319 e. The van der Waals surface area contributed by atoms with Gasteiger partial charge in [-0.15, -0.1) is 0 Å². The number of benzene rings is 2. The molecule has 0 spiro atoms. The molecule has 29 heavy (non-hydrogen) atoms. The summed E-state index contributed by atoms with van der Waals surface area (Å²) in [6, 6.07) is 9.96. The lowest BCUT2D eigenvalue weighted by Crippen LogP contribution is -2.33. The number of thiazole rings is 1. The molecule has 0 unspecified atom stereocenters. The summed E-state index contributed by atoms with van der Waals surface area (Å²) in [6.07, 6.45) is 0. The van der Waals surface area contributed by atoms with E-state index >= 15 is 0 Å². The van der Waals surface area contributed by atoms with E-state index in [0.717, 1.165) is 10.2 Å². The van der Waals surface area contributed by atoms with Crippen molar-refractivity contribution in [2.24, 2.45) is 12.0 Å². The lowest BCUT2D eigenvalue weighted by atomic mass is 10.1. The third-order valence-corrected chi connectivity index (χ3v) is 8.27. The van der Waals surface area contributed by atoms with Gasteiger partial charge in [0.25, 0.3) is 5.91 Å². The number of rotatable bonds is 4. The van der Waals surface area contributed by atoms with E-state index in [0.29, 0.717) is 10.4 Å². The van der Waals surface area contributed by atoms with Crippen LogP contribution in [-0.2, 0) is 17.1 Å². The van der Waals surface area contributed by atoms with E-state index in [1.165, 1.54) is 51.0 Å². The van der Waals surface area contributed by atoms with Crippen molar-refractivity contribution in [1.29, 1.82) is 0 Å². The first-order chi connectivity index (χ1) is 13.5. The third-order valence-electron chi connectivity index (χ3n) is 5.13. The summed E-state index contributed by atoms with van der Waals surface area (Å²) in [5, 5.41) is 0. The standard InChI is InChI=1S/C21H25N3O3S2/c1-13(2)24(6)29(26,27)17-9-7-16(8-10-17)20(25)22-21-23(5)18-11-14(3)15(4)12-19(18)28-21/h7-13H,1-6H3. The predicted octanol–water partition coefficient (Wildman–Crippen LogP) is 3.63. The fraction of sp³-hybridized carbons (Fsp3) is 0.333. The number of sulfonamides is 1. The van der Waals surface area contributed by atoms with Crippen LogP contribution in [0.2, 0.25) is 0 Å². The van der Waals surface area contributed by atoms with Crippen molar-refractivity contribution in [3.63, 3.8) is 0 Å². The van der Waals surface area contributed by atoms with Crippen molar-refractivity contribution in [1.82, 2.24) is 8.87 Å². The highest BCUT2D eigenvalue weighted by Crippen LogP contribution is 2.21. The van der Waals surface area contributed by atoms with Crippen LogP contribution in [0.1, 0.15) is 35.3 Å². The van der Waals surface area contributed by atoms with Crippen molar-refractivity contribution in [2.45, 2.75) is 38.6 Å². The molecule has 0 fully saturated rings. The number of hydrogen-bond acceptors (Lipinski definition) is 4. The van der Waals surface area contributed by atoms with Crippen LogP contribution in [0.5, 0.6) is 0 Å². The maximum Gasteiger partial charge on any atom is 0.279 e. The highest BCUT2D eigenvalue weighted by atomic mass is 32.2. The number of amides is 1. The smallest absolute Gasteiger partial charge is 0.279 e. The second-order valence-electron chi connectivity index (χ2n) is 7.40. The monoisotopic (exact) mass is 431 g/mol. The Bertz CT molecular complexity index is 1250. The molecule has 0 aliphatic heterocycles. The van der Waals surface area contributed by atoms with Gasteiger partial charge in [0.2, 0.25) is 10.0 Å². The van der Waals surface area contributed by atoms with Crippen molar-refractivity contribution < 1.29 is 13.2 Å². The summed E-state index contributed by atoms with van der Waals surface area (Å²) in [5.41, 5.74) is 3.76. The first-order valence-electron chi connectivity index (χ1n) is 9.26. The van der Waals surface area contributed by atoms with Crippen molar-refractivity contribution >= 4 is 37.5 Å². The predicted molar refractivity (Wildman–Crippen MR) is 117 cm³/mol. The van der Waals surface area contributed by atoms with Crippen LogP contribution < -0.4 is 4.80 Å². The molecule has 0 N–H and O–H groups in total. The Morgan fingerprint density at radius 3 is 2.28 bits per heavy atom. The number of carbonyl (C=O) groups is 1. The molecule has 3 rings (SSSR count). The molecule has 3 aromatic rings. The normalized spacial score (nSPS) is 13.0. The number of aromatic nitrogens is 1. The van der Waals surface area contributed by atoms with Gasteiger partial charge in [-0.2, -0.15) is 9.30 Å². The fourth-order valence-electron chi connectivity index (χ4n) is 2.85. The summed E-state index contributed by atoms with van der Waals surface area (Å²) in [5.74, 6) is -0.401. The molecule has 6 nitrogen and oxygen atoms in total. The summed E-state index contributed by atoms with van der Waals surface area (Å²) < 4.78 is 29.4. The van der Waals surface area contributed by atoms with Crippen LogP contribution in [-0.4, -0.2) is 36.3 Å². The first kappa shape index (κ1) is 21.4. The molecule has 0 radical (unpaired) electrons. The van der Waals surface area contributed by atoms with Crippen LogP contribution in [0.3, 0.4) is 0 Å². The average Bonchev–Trinajstić information content (AvgIpc) is 2.96. The summed E-state index contributed by atoms with van der Waals surface area (Å²) >= 11 is 1.46. The maximum atomic E-state index is 12.6. The Balaban J connectivity index is 1.96. The molecule has 0 aliphatic rings. The van der Waals surface area contributed by atoms with Gasteiger partial charge in [-0.3, -0.25) is 4.79 Å². The minimum atomic E-state index is -3.58. The molecule has 0 aliphatic carbocycles. The molecular formula is C21H25N3O3S2. The van der Waals surface area contributed by atoms with E-state index in [4.69, 9.17) is 0 Å². The molecule has 0 bridgehead atoms. The lowest BCUT2D eigenvalue weighted by molar-refractivity contribution is 0.0998. The molecule has 0 atom stereocenters. The topological polar surface area (TPSA) is 71.7 Å². The Kier molecular flexibility index (Phi) is 5.80. The van der Waals surface area contributed by atoms with E-state index < -0.39 is 15.9 Å². The zero-order chi connectivity index (χ0) is 21.5. The van der Waals surface area contributed by atoms with Crippen LogP contribution in [0, 0.1) is 13.8 Å². The van der Waals surface area contributed by atoms with Crippen LogP contribution in [0.4, 0.5) is 0 Å². The van der Waals surface area contributed by atoms with Gasteiger partial charge in [0.05, 0.1) is 15.1 Å². The number of hydrogen-bond donors (Lipinski definition) is 0. The Morgan fingerprint density at radius 2 is 1.69 bits per heavy atom. The second-order valence-corrected chi connectivity index (χ2v) is 10.4. The highest BCUT2D eigenvalue weighted by molar-refractivity contribution is 7.89. The Labute approximate surface area is 175 Å². The summed E-state index contributed by atoms with van der Waals surface area (Å²) in [4.78, 5) is 17.7. The van der Waals surface area contributed by atoms with Crippen molar-refractivity contribution in [3.05, 3.63) is 57.9 Å². The number of nitrogens with zero attached hydrogens (tertiary/aromatic N) is 3. The largest absolute Gasteiger partial charge is 0.319 e.